The van der Waals surface area contributed by atoms with Crippen LogP contribution in [0.1, 0.15) is 48.9 Å². The number of amides is 3. The van der Waals surface area contributed by atoms with Crippen LogP contribution in [0.2, 0.25) is 0 Å². The van der Waals surface area contributed by atoms with E-state index >= 15 is 0 Å². The van der Waals surface area contributed by atoms with Crippen LogP contribution in [0.5, 0.6) is 5.75 Å². The quantitative estimate of drug-likeness (QED) is 0.420. The zero-order valence-corrected chi connectivity index (χ0v) is 23.6. The number of urea groups is 1. The van der Waals surface area contributed by atoms with Crippen molar-refractivity contribution in [1.82, 2.24) is 20.5 Å². The fourth-order valence-electron chi connectivity index (χ4n) is 4.13. The number of ether oxygens (including phenoxy) is 1. The second-order valence-electron chi connectivity index (χ2n) is 9.44. The van der Waals surface area contributed by atoms with Crippen molar-refractivity contribution in [1.29, 1.82) is 0 Å². The van der Waals surface area contributed by atoms with Crippen molar-refractivity contribution in [2.75, 3.05) is 45.7 Å². The smallest absolute Gasteiger partial charge is 0.321 e. The molecule has 1 saturated heterocycles. The molecule has 4 rings (SSSR count). The molecule has 210 valence electrons. The summed E-state index contributed by atoms with van der Waals surface area (Å²) in [6, 6.07) is 21.6. The van der Waals surface area contributed by atoms with Gasteiger partial charge in [-0.05, 0) is 91.7 Å². The Kier molecular flexibility index (Phi) is 12.5. The van der Waals surface area contributed by atoms with E-state index in [9.17, 15) is 9.59 Å². The number of methoxy groups -OCH3 is 1. The third kappa shape index (κ3) is 10.4. The second-order valence-corrected chi connectivity index (χ2v) is 9.44. The van der Waals surface area contributed by atoms with E-state index in [2.05, 4.69) is 57.0 Å². The summed E-state index contributed by atoms with van der Waals surface area (Å²) in [5.41, 5.74) is 3.76. The summed E-state index contributed by atoms with van der Waals surface area (Å²) in [5, 5.41) is 9.01. The average molecular weight is 542 g/mol. The number of carbonyl (C=O) groups excluding carboxylic acids is 2. The lowest BCUT2D eigenvalue weighted by atomic mass is 9.94. The van der Waals surface area contributed by atoms with Gasteiger partial charge in [-0.25, -0.2) is 9.78 Å². The Morgan fingerprint density at radius 3 is 2.40 bits per heavy atom. The van der Waals surface area contributed by atoms with Crippen molar-refractivity contribution in [3.63, 3.8) is 0 Å². The first kappa shape index (κ1) is 30.2. The number of rotatable bonds is 3. The molecule has 0 bridgehead atoms. The molecule has 8 heteroatoms. The number of anilines is 1. The number of aromatic nitrogens is 1. The van der Waals surface area contributed by atoms with Crippen LogP contribution in [0.3, 0.4) is 0 Å². The van der Waals surface area contributed by atoms with E-state index in [1.807, 2.05) is 47.4 Å². The Hall–Kier alpha value is -4.35. The first-order valence-corrected chi connectivity index (χ1v) is 13.6. The lowest BCUT2D eigenvalue weighted by molar-refractivity contribution is -0.118. The van der Waals surface area contributed by atoms with Crippen molar-refractivity contribution in [2.24, 2.45) is 0 Å². The van der Waals surface area contributed by atoms with Gasteiger partial charge in [0, 0.05) is 51.1 Å². The topological polar surface area (TPSA) is 95.6 Å². The molecule has 2 aromatic carbocycles. The number of hydrogen-bond donors (Lipinski definition) is 3. The Morgan fingerprint density at radius 1 is 1.00 bits per heavy atom. The number of nitrogens with one attached hydrogen (secondary N) is 3. The lowest BCUT2D eigenvalue weighted by Gasteiger charge is -2.28. The zero-order chi connectivity index (χ0) is 28.6. The largest absolute Gasteiger partial charge is 0.497 e. The Balaban J connectivity index is 0.000000810. The summed E-state index contributed by atoms with van der Waals surface area (Å²) in [6.07, 6.45) is 4.67. The monoisotopic (exact) mass is 541 g/mol. The average Bonchev–Trinajstić information content (AvgIpc) is 3.00. The normalized spacial score (nSPS) is 15.3. The minimum Gasteiger partial charge on any atom is -0.497 e. The Morgan fingerprint density at radius 2 is 1.75 bits per heavy atom. The van der Waals surface area contributed by atoms with Gasteiger partial charge in [0.05, 0.1) is 7.11 Å². The molecule has 0 aliphatic carbocycles. The number of nitrogens with zero attached hydrogens (tertiary/aromatic N) is 2. The lowest BCUT2D eigenvalue weighted by Crippen LogP contribution is -2.39. The van der Waals surface area contributed by atoms with E-state index in [1.165, 1.54) is 12.5 Å². The minimum atomic E-state index is -0.0532. The molecular formula is C32H39N5O3. The Labute approximate surface area is 237 Å². The molecule has 0 radical (unpaired) electrons. The van der Waals surface area contributed by atoms with E-state index in [1.54, 1.807) is 20.4 Å². The highest BCUT2D eigenvalue weighted by molar-refractivity contribution is 5.89. The van der Waals surface area contributed by atoms with Crippen LogP contribution >= 0.6 is 0 Å². The summed E-state index contributed by atoms with van der Waals surface area (Å²) in [7, 11) is 3.23. The van der Waals surface area contributed by atoms with Crippen LogP contribution in [0.15, 0.2) is 72.9 Å². The molecular weight excluding hydrogens is 502 g/mol. The van der Waals surface area contributed by atoms with Crippen LogP contribution in [-0.2, 0) is 4.79 Å². The highest BCUT2D eigenvalue weighted by atomic mass is 16.5. The van der Waals surface area contributed by atoms with E-state index in [4.69, 9.17) is 4.74 Å². The van der Waals surface area contributed by atoms with Gasteiger partial charge in [0.2, 0.25) is 5.91 Å². The molecule has 1 aromatic heterocycles. The number of carbonyl (C=O) groups is 2. The van der Waals surface area contributed by atoms with Gasteiger partial charge in [0.15, 0.2) is 0 Å². The Bertz CT molecular complexity index is 1250. The number of hydrogen-bond acceptors (Lipinski definition) is 5. The van der Waals surface area contributed by atoms with Gasteiger partial charge < -0.3 is 25.6 Å². The second kappa shape index (κ2) is 16.6. The van der Waals surface area contributed by atoms with Crippen LogP contribution in [0, 0.1) is 11.8 Å². The molecule has 0 spiro atoms. The number of pyridine rings is 1. The molecule has 0 saturated carbocycles. The van der Waals surface area contributed by atoms with Gasteiger partial charge in [0.1, 0.15) is 11.4 Å². The van der Waals surface area contributed by atoms with Gasteiger partial charge in [-0.2, -0.15) is 0 Å². The first-order valence-electron chi connectivity index (χ1n) is 13.6. The van der Waals surface area contributed by atoms with Crippen LogP contribution < -0.4 is 20.7 Å². The van der Waals surface area contributed by atoms with Gasteiger partial charge in [-0.15, -0.1) is 0 Å². The predicted octanol–water partition coefficient (Wildman–Crippen LogP) is 4.63. The van der Waals surface area contributed by atoms with Crippen molar-refractivity contribution in [2.45, 2.75) is 32.1 Å². The fourth-order valence-corrected chi connectivity index (χ4v) is 4.13. The molecule has 3 N–H and O–H groups in total. The van der Waals surface area contributed by atoms with Crippen molar-refractivity contribution < 1.29 is 14.3 Å². The van der Waals surface area contributed by atoms with E-state index < -0.39 is 0 Å². The van der Waals surface area contributed by atoms with Crippen LogP contribution in [0.4, 0.5) is 10.5 Å². The molecule has 1 aliphatic heterocycles. The van der Waals surface area contributed by atoms with Crippen molar-refractivity contribution >= 4 is 17.6 Å². The summed E-state index contributed by atoms with van der Waals surface area (Å²) < 4.78 is 5.20. The zero-order valence-electron chi connectivity index (χ0n) is 23.6. The molecule has 1 aliphatic rings. The fraction of sp³-hybridized carbons (Fsp3) is 0.344. The van der Waals surface area contributed by atoms with Gasteiger partial charge in [-0.3, -0.25) is 4.79 Å². The maximum Gasteiger partial charge on any atom is 0.321 e. The SMILES string of the molecule is CNC(C)=O.COc1ccc(NC(=O)N2CCCCNC[C@H](c3ccc(C#Cc4ccccn4)cc3)CC2)cc1. The molecule has 40 heavy (non-hydrogen) atoms. The van der Waals surface area contributed by atoms with Gasteiger partial charge >= 0.3 is 6.03 Å². The van der Waals surface area contributed by atoms with Gasteiger partial charge in [0.25, 0.3) is 0 Å². The maximum atomic E-state index is 13.0. The van der Waals surface area contributed by atoms with E-state index in [0.717, 1.165) is 61.6 Å². The summed E-state index contributed by atoms with van der Waals surface area (Å²) in [4.78, 5) is 28.9. The third-order valence-electron chi connectivity index (χ3n) is 6.53. The standard InChI is InChI=1S/C29H32N4O2.C3H7NO/c1-35-28-15-13-27(14-16-28)32-29(34)33-20-5-4-18-30-22-25(17-21-33)24-10-7-23(8-11-24)9-12-26-6-2-3-19-31-26;1-3(5)4-2/h2-3,6-8,10-11,13-16,19,25,30H,4-5,17-18,20-22H2,1H3,(H,32,34);1-2H3,(H,4,5)/t25-;/m1./s1. The van der Waals surface area contributed by atoms with Crippen LogP contribution in [0.25, 0.3) is 0 Å². The third-order valence-corrected chi connectivity index (χ3v) is 6.53. The van der Waals surface area contributed by atoms with Crippen molar-refractivity contribution in [3.05, 3.63) is 89.7 Å². The molecule has 2 heterocycles. The molecule has 8 nitrogen and oxygen atoms in total. The maximum absolute atomic E-state index is 13.0. The first-order chi connectivity index (χ1) is 19.5. The van der Waals surface area contributed by atoms with Gasteiger partial charge in [-0.1, -0.05) is 24.1 Å². The molecule has 0 unspecified atom stereocenters. The summed E-state index contributed by atoms with van der Waals surface area (Å²) >= 11 is 0. The highest BCUT2D eigenvalue weighted by Crippen LogP contribution is 2.22. The van der Waals surface area contributed by atoms with Crippen LogP contribution in [-0.4, -0.2) is 62.2 Å². The molecule has 1 fully saturated rings. The molecule has 3 aromatic rings. The predicted molar refractivity (Wildman–Crippen MR) is 159 cm³/mol. The summed E-state index contributed by atoms with van der Waals surface area (Å²) in [6.45, 7) is 4.78. The number of benzene rings is 2. The minimum absolute atomic E-state index is 0.00463. The van der Waals surface area contributed by atoms with E-state index in [-0.39, 0.29) is 11.9 Å². The van der Waals surface area contributed by atoms with E-state index in [0.29, 0.717) is 12.5 Å². The highest BCUT2D eigenvalue weighted by Gasteiger charge is 2.19. The van der Waals surface area contributed by atoms with Crippen molar-refractivity contribution in [3.8, 4) is 17.6 Å². The summed E-state index contributed by atoms with van der Waals surface area (Å²) in [5.74, 6) is 7.39. The molecule has 1 atom stereocenters. The molecule has 3 amide bonds.